The van der Waals surface area contributed by atoms with Crippen LogP contribution in [0, 0.1) is 0 Å². The molecule has 4 nitrogen and oxygen atoms in total. The average Bonchev–Trinajstić information content (AvgIpc) is 3.33. The van der Waals surface area contributed by atoms with Crippen molar-refractivity contribution in [3.05, 3.63) is 52.4 Å². The minimum absolute atomic E-state index is 0.473. The Bertz CT molecular complexity index is 968. The van der Waals surface area contributed by atoms with E-state index in [0.29, 0.717) is 13.2 Å². The molecule has 1 aliphatic heterocycles. The highest BCUT2D eigenvalue weighted by Crippen LogP contribution is 2.44. The number of hydrogen-bond acceptors (Lipinski definition) is 5. The van der Waals surface area contributed by atoms with Gasteiger partial charge in [0.1, 0.15) is 18.2 Å². The fraction of sp³-hybridized carbons (Fsp3) is 0.250. The molecule has 0 saturated heterocycles. The molecule has 1 aromatic heterocycles. The van der Waals surface area contributed by atoms with Crippen molar-refractivity contribution in [3.63, 3.8) is 0 Å². The molecule has 0 amide bonds. The molecule has 134 valence electrons. The van der Waals surface area contributed by atoms with Gasteiger partial charge in [0.2, 0.25) is 0 Å². The summed E-state index contributed by atoms with van der Waals surface area (Å²) in [5.74, 6) is 1.71. The van der Waals surface area contributed by atoms with Crippen molar-refractivity contribution in [1.29, 1.82) is 0 Å². The van der Waals surface area contributed by atoms with Gasteiger partial charge in [-0.15, -0.1) is 11.3 Å². The first-order valence-electron chi connectivity index (χ1n) is 8.50. The van der Waals surface area contributed by atoms with E-state index in [9.17, 15) is 0 Å². The van der Waals surface area contributed by atoms with Crippen LogP contribution in [0.4, 0.5) is 0 Å². The third-order valence-corrected chi connectivity index (χ3v) is 5.53. The van der Waals surface area contributed by atoms with Crippen LogP contribution in [0.2, 0.25) is 4.34 Å². The molecule has 0 unspecified atom stereocenters. The van der Waals surface area contributed by atoms with Crippen LogP contribution in [-0.4, -0.2) is 39.2 Å². The minimum atomic E-state index is 0.473. The number of methoxy groups -OCH3 is 1. The molecule has 3 aromatic rings. The molecule has 0 aliphatic carbocycles. The normalized spacial score (nSPS) is 13.7. The largest absolute Gasteiger partial charge is 0.490 e. The molecule has 1 aliphatic rings. The zero-order valence-corrected chi connectivity index (χ0v) is 16.0. The number of amidine groups is 1. The Morgan fingerprint density at radius 1 is 1.19 bits per heavy atom. The van der Waals surface area contributed by atoms with Crippen LogP contribution >= 0.6 is 22.9 Å². The standard InChI is InChI=1S/C20H19ClN2O2S/c1-24-10-11-25-19-15(20-22-8-9-23-20)12-13-4-2-3-5-14(13)18(19)16-6-7-17(21)26-16/h2-7,12H,8-11H2,1H3,(H,22,23). The molecular weight excluding hydrogens is 368 g/mol. The van der Waals surface area contributed by atoms with E-state index in [1.54, 1.807) is 18.4 Å². The number of aliphatic imine (C=N–C) groups is 1. The van der Waals surface area contributed by atoms with Gasteiger partial charge >= 0.3 is 0 Å². The van der Waals surface area contributed by atoms with E-state index in [4.69, 9.17) is 21.1 Å². The molecule has 0 radical (unpaired) electrons. The van der Waals surface area contributed by atoms with Crippen LogP contribution < -0.4 is 10.1 Å². The van der Waals surface area contributed by atoms with E-state index in [-0.39, 0.29) is 0 Å². The van der Waals surface area contributed by atoms with E-state index in [1.165, 1.54) is 0 Å². The Hall–Kier alpha value is -2.08. The van der Waals surface area contributed by atoms with Gasteiger partial charge in [0.25, 0.3) is 0 Å². The second kappa shape index (κ2) is 7.66. The molecule has 2 aromatic carbocycles. The van der Waals surface area contributed by atoms with Gasteiger partial charge in [-0.25, -0.2) is 0 Å². The fourth-order valence-electron chi connectivity index (χ4n) is 3.15. The average molecular weight is 387 g/mol. The first-order valence-corrected chi connectivity index (χ1v) is 9.69. The molecule has 0 bridgehead atoms. The monoisotopic (exact) mass is 386 g/mol. The highest BCUT2D eigenvalue weighted by Gasteiger charge is 2.22. The van der Waals surface area contributed by atoms with Crippen molar-refractivity contribution >= 4 is 39.5 Å². The number of thiophene rings is 1. The molecule has 0 saturated carbocycles. The first kappa shape index (κ1) is 17.3. The summed E-state index contributed by atoms with van der Waals surface area (Å²) in [5, 5.41) is 5.66. The van der Waals surface area contributed by atoms with Gasteiger partial charge in [0, 0.05) is 24.1 Å². The van der Waals surface area contributed by atoms with Crippen LogP contribution in [0.3, 0.4) is 0 Å². The Labute approximate surface area is 161 Å². The minimum Gasteiger partial charge on any atom is -0.490 e. The third kappa shape index (κ3) is 3.30. The zero-order chi connectivity index (χ0) is 17.9. The number of fused-ring (bicyclic) bond motifs is 1. The predicted octanol–water partition coefficient (Wildman–Crippen LogP) is 4.60. The van der Waals surface area contributed by atoms with E-state index >= 15 is 0 Å². The van der Waals surface area contributed by atoms with Crippen LogP contribution in [-0.2, 0) is 4.74 Å². The molecule has 0 spiro atoms. The number of hydrogen-bond donors (Lipinski definition) is 1. The molecule has 26 heavy (non-hydrogen) atoms. The maximum Gasteiger partial charge on any atom is 0.139 e. The van der Waals surface area contributed by atoms with Crippen molar-refractivity contribution in [2.24, 2.45) is 4.99 Å². The maximum absolute atomic E-state index is 6.23. The number of benzene rings is 2. The summed E-state index contributed by atoms with van der Waals surface area (Å²) >= 11 is 7.78. The van der Waals surface area contributed by atoms with E-state index in [0.717, 1.165) is 55.8 Å². The summed E-state index contributed by atoms with van der Waals surface area (Å²) in [6.45, 7) is 2.62. The summed E-state index contributed by atoms with van der Waals surface area (Å²) in [6.07, 6.45) is 0. The number of halogens is 1. The third-order valence-electron chi connectivity index (χ3n) is 4.28. The summed E-state index contributed by atoms with van der Waals surface area (Å²) < 4.78 is 12.1. The Morgan fingerprint density at radius 2 is 2.08 bits per heavy atom. The van der Waals surface area contributed by atoms with Gasteiger partial charge in [-0.3, -0.25) is 4.99 Å². The van der Waals surface area contributed by atoms with Crippen LogP contribution in [0.1, 0.15) is 5.56 Å². The smallest absolute Gasteiger partial charge is 0.139 e. The quantitative estimate of drug-likeness (QED) is 0.630. The number of nitrogens with one attached hydrogen (secondary N) is 1. The lowest BCUT2D eigenvalue weighted by Crippen LogP contribution is -2.21. The van der Waals surface area contributed by atoms with Gasteiger partial charge in [-0.1, -0.05) is 35.9 Å². The van der Waals surface area contributed by atoms with Crippen molar-refractivity contribution in [2.45, 2.75) is 0 Å². The molecule has 6 heteroatoms. The fourth-order valence-corrected chi connectivity index (χ4v) is 4.25. The van der Waals surface area contributed by atoms with Gasteiger partial charge in [0.15, 0.2) is 0 Å². The molecule has 1 N–H and O–H groups in total. The number of rotatable bonds is 6. The molecule has 2 heterocycles. The lowest BCUT2D eigenvalue weighted by molar-refractivity contribution is 0.146. The number of nitrogens with zero attached hydrogens (tertiary/aromatic N) is 1. The van der Waals surface area contributed by atoms with Gasteiger partial charge in [0.05, 0.1) is 23.1 Å². The first-order chi connectivity index (χ1) is 12.8. The van der Waals surface area contributed by atoms with Crippen molar-refractivity contribution in [1.82, 2.24) is 5.32 Å². The Kier molecular flexibility index (Phi) is 5.11. The number of ether oxygens (including phenoxy) is 2. The highest BCUT2D eigenvalue weighted by atomic mass is 35.5. The Morgan fingerprint density at radius 3 is 2.81 bits per heavy atom. The van der Waals surface area contributed by atoms with Crippen LogP contribution in [0.15, 0.2) is 47.5 Å². The SMILES string of the molecule is COCCOc1c(C2=NCCN2)cc2ccccc2c1-c1ccc(Cl)s1. The summed E-state index contributed by atoms with van der Waals surface area (Å²) in [5.41, 5.74) is 2.04. The van der Waals surface area contributed by atoms with Crippen LogP contribution in [0.25, 0.3) is 21.2 Å². The lowest BCUT2D eigenvalue weighted by atomic mass is 9.97. The van der Waals surface area contributed by atoms with Gasteiger partial charge in [-0.2, -0.15) is 0 Å². The Balaban J connectivity index is 1.97. The van der Waals surface area contributed by atoms with Crippen LogP contribution in [0.5, 0.6) is 5.75 Å². The lowest BCUT2D eigenvalue weighted by Gasteiger charge is -2.18. The molecular formula is C20H19ClN2O2S. The van der Waals surface area contributed by atoms with Crippen molar-refractivity contribution in [3.8, 4) is 16.2 Å². The topological polar surface area (TPSA) is 42.9 Å². The van der Waals surface area contributed by atoms with Gasteiger partial charge < -0.3 is 14.8 Å². The van der Waals surface area contributed by atoms with E-state index < -0.39 is 0 Å². The molecule has 0 atom stereocenters. The summed E-state index contributed by atoms with van der Waals surface area (Å²) in [6, 6.07) is 14.4. The van der Waals surface area contributed by atoms with Crippen molar-refractivity contribution < 1.29 is 9.47 Å². The molecule has 0 fully saturated rings. The second-order valence-corrected chi connectivity index (χ2v) is 7.67. The second-order valence-electron chi connectivity index (χ2n) is 5.95. The summed E-state index contributed by atoms with van der Waals surface area (Å²) in [4.78, 5) is 5.70. The van der Waals surface area contributed by atoms with E-state index in [2.05, 4.69) is 28.5 Å². The van der Waals surface area contributed by atoms with E-state index in [1.807, 2.05) is 24.3 Å². The maximum atomic E-state index is 6.23. The van der Waals surface area contributed by atoms with Crippen molar-refractivity contribution in [2.75, 3.05) is 33.4 Å². The highest BCUT2D eigenvalue weighted by molar-refractivity contribution is 7.19. The van der Waals surface area contributed by atoms with Gasteiger partial charge in [-0.05, 0) is 29.0 Å². The summed E-state index contributed by atoms with van der Waals surface area (Å²) in [7, 11) is 1.67. The zero-order valence-electron chi connectivity index (χ0n) is 14.4. The molecule has 4 rings (SSSR count). The predicted molar refractivity (Wildman–Crippen MR) is 109 cm³/mol.